The van der Waals surface area contributed by atoms with E-state index >= 15 is 0 Å². The molecule has 0 aliphatic rings. The standard InChI is InChI=1S/C20H21N3O2/c1-4-15-7-5-6-8-17(15)23-19(25)20(2,3)18(24)22-16-11-9-14(13-21)10-12-16/h5-12H,4H2,1-3H3,(H,22,24)(H,23,25). The molecule has 25 heavy (non-hydrogen) atoms. The molecule has 2 aromatic carbocycles. The Bertz CT molecular complexity index is 818. The first-order valence-corrected chi connectivity index (χ1v) is 8.09. The van der Waals surface area contributed by atoms with Crippen LogP contribution in [-0.2, 0) is 16.0 Å². The van der Waals surface area contributed by atoms with Crippen molar-refractivity contribution in [3.8, 4) is 6.07 Å². The number of nitriles is 1. The molecule has 5 nitrogen and oxygen atoms in total. The number of rotatable bonds is 5. The molecule has 0 atom stereocenters. The summed E-state index contributed by atoms with van der Waals surface area (Å²) < 4.78 is 0. The fourth-order valence-electron chi connectivity index (χ4n) is 2.25. The molecule has 0 fully saturated rings. The second kappa shape index (κ2) is 7.63. The molecular weight excluding hydrogens is 314 g/mol. The Labute approximate surface area is 147 Å². The van der Waals surface area contributed by atoms with Crippen LogP contribution in [0.5, 0.6) is 0 Å². The Morgan fingerprint density at radius 3 is 2.20 bits per heavy atom. The highest BCUT2D eigenvalue weighted by molar-refractivity contribution is 6.14. The van der Waals surface area contributed by atoms with Crippen LogP contribution in [0, 0.1) is 16.7 Å². The van der Waals surface area contributed by atoms with Crippen molar-refractivity contribution < 1.29 is 9.59 Å². The number of benzene rings is 2. The van der Waals surface area contributed by atoms with Crippen molar-refractivity contribution in [3.63, 3.8) is 0 Å². The van der Waals surface area contributed by atoms with Crippen LogP contribution in [-0.4, -0.2) is 11.8 Å². The van der Waals surface area contributed by atoms with Crippen LogP contribution in [0.4, 0.5) is 11.4 Å². The summed E-state index contributed by atoms with van der Waals surface area (Å²) in [6, 6.07) is 16.0. The summed E-state index contributed by atoms with van der Waals surface area (Å²) in [6.45, 7) is 5.17. The molecule has 0 saturated carbocycles. The Kier molecular flexibility index (Phi) is 5.56. The zero-order valence-corrected chi connectivity index (χ0v) is 14.6. The van der Waals surface area contributed by atoms with Crippen LogP contribution in [0.15, 0.2) is 48.5 Å². The smallest absolute Gasteiger partial charge is 0.239 e. The van der Waals surface area contributed by atoms with Gasteiger partial charge in [0.2, 0.25) is 11.8 Å². The summed E-state index contributed by atoms with van der Waals surface area (Å²) in [4.78, 5) is 25.2. The number of amides is 2. The third kappa shape index (κ3) is 4.24. The van der Waals surface area contributed by atoms with E-state index in [2.05, 4.69) is 10.6 Å². The number of para-hydroxylation sites is 1. The van der Waals surface area contributed by atoms with Crippen LogP contribution in [0.2, 0.25) is 0 Å². The summed E-state index contributed by atoms with van der Waals surface area (Å²) in [5.41, 5.74) is 1.52. The second-order valence-corrected chi connectivity index (χ2v) is 6.23. The zero-order valence-electron chi connectivity index (χ0n) is 14.6. The maximum absolute atomic E-state index is 12.6. The highest BCUT2D eigenvalue weighted by Crippen LogP contribution is 2.23. The van der Waals surface area contributed by atoms with Crippen LogP contribution < -0.4 is 10.6 Å². The number of aryl methyl sites for hydroxylation is 1. The molecule has 0 spiro atoms. The Morgan fingerprint density at radius 2 is 1.60 bits per heavy atom. The Morgan fingerprint density at radius 1 is 1.00 bits per heavy atom. The zero-order chi connectivity index (χ0) is 18.4. The fourth-order valence-corrected chi connectivity index (χ4v) is 2.25. The molecule has 128 valence electrons. The lowest BCUT2D eigenvalue weighted by molar-refractivity contribution is -0.135. The van der Waals surface area contributed by atoms with Gasteiger partial charge < -0.3 is 10.6 Å². The lowest BCUT2D eigenvalue weighted by Crippen LogP contribution is -2.41. The number of anilines is 2. The molecule has 2 N–H and O–H groups in total. The maximum Gasteiger partial charge on any atom is 0.239 e. The topological polar surface area (TPSA) is 82.0 Å². The molecule has 0 aliphatic heterocycles. The van der Waals surface area contributed by atoms with Gasteiger partial charge in [-0.1, -0.05) is 25.1 Å². The van der Waals surface area contributed by atoms with Gasteiger partial charge in [-0.2, -0.15) is 5.26 Å². The van der Waals surface area contributed by atoms with Gasteiger partial charge in [-0.25, -0.2) is 0 Å². The minimum absolute atomic E-state index is 0.375. The van der Waals surface area contributed by atoms with Crippen LogP contribution in [0.1, 0.15) is 31.9 Å². The third-order valence-corrected chi connectivity index (χ3v) is 4.05. The van der Waals surface area contributed by atoms with Gasteiger partial charge in [0.05, 0.1) is 11.6 Å². The lowest BCUT2D eigenvalue weighted by atomic mass is 9.90. The van der Waals surface area contributed by atoms with E-state index in [4.69, 9.17) is 5.26 Å². The van der Waals surface area contributed by atoms with Gasteiger partial charge in [0.1, 0.15) is 5.41 Å². The molecule has 2 amide bonds. The van der Waals surface area contributed by atoms with Crippen molar-refractivity contribution in [2.75, 3.05) is 10.6 Å². The summed E-state index contributed by atoms with van der Waals surface area (Å²) in [6.07, 6.45) is 0.786. The normalized spacial score (nSPS) is 10.6. The van der Waals surface area contributed by atoms with Crippen molar-refractivity contribution in [2.24, 2.45) is 5.41 Å². The van der Waals surface area contributed by atoms with Crippen molar-refractivity contribution in [3.05, 3.63) is 59.7 Å². The lowest BCUT2D eigenvalue weighted by Gasteiger charge is -2.23. The largest absolute Gasteiger partial charge is 0.325 e. The average molecular weight is 335 g/mol. The first-order chi connectivity index (χ1) is 11.9. The molecule has 0 saturated heterocycles. The SMILES string of the molecule is CCc1ccccc1NC(=O)C(C)(C)C(=O)Nc1ccc(C#N)cc1. The van der Waals surface area contributed by atoms with Crippen molar-refractivity contribution >= 4 is 23.2 Å². The molecule has 0 aromatic heterocycles. The van der Waals surface area contributed by atoms with Gasteiger partial charge >= 0.3 is 0 Å². The van der Waals surface area contributed by atoms with Crippen LogP contribution in [0.3, 0.4) is 0 Å². The van der Waals surface area contributed by atoms with E-state index in [1.807, 2.05) is 37.3 Å². The van der Waals surface area contributed by atoms with E-state index in [1.54, 1.807) is 38.1 Å². The first kappa shape index (κ1) is 18.2. The van der Waals surface area contributed by atoms with E-state index in [-0.39, 0.29) is 5.91 Å². The predicted octanol–water partition coefficient (Wildman–Crippen LogP) is 3.72. The number of carbonyl (C=O) groups excluding carboxylic acids is 2. The molecular formula is C20H21N3O2. The van der Waals surface area contributed by atoms with E-state index < -0.39 is 11.3 Å². The Hall–Kier alpha value is -3.13. The summed E-state index contributed by atoms with van der Waals surface area (Å²) in [5.74, 6) is -0.789. The molecule has 0 heterocycles. The summed E-state index contributed by atoms with van der Waals surface area (Å²) in [5, 5.41) is 14.4. The van der Waals surface area contributed by atoms with Crippen molar-refractivity contribution in [2.45, 2.75) is 27.2 Å². The van der Waals surface area contributed by atoms with E-state index in [0.717, 1.165) is 12.0 Å². The van der Waals surface area contributed by atoms with E-state index in [9.17, 15) is 9.59 Å². The number of hydrogen-bond acceptors (Lipinski definition) is 3. The van der Waals surface area contributed by atoms with Crippen LogP contribution in [0.25, 0.3) is 0 Å². The monoisotopic (exact) mass is 335 g/mol. The van der Waals surface area contributed by atoms with Gasteiger partial charge in [0, 0.05) is 11.4 Å². The maximum atomic E-state index is 12.6. The first-order valence-electron chi connectivity index (χ1n) is 8.09. The molecule has 0 unspecified atom stereocenters. The average Bonchev–Trinajstić information content (AvgIpc) is 2.62. The second-order valence-electron chi connectivity index (χ2n) is 6.23. The summed E-state index contributed by atoms with van der Waals surface area (Å²) in [7, 11) is 0. The molecule has 0 radical (unpaired) electrons. The quantitative estimate of drug-likeness (QED) is 0.817. The number of carbonyl (C=O) groups is 2. The number of nitrogens with one attached hydrogen (secondary N) is 2. The third-order valence-electron chi connectivity index (χ3n) is 4.05. The van der Waals surface area contributed by atoms with E-state index in [1.165, 1.54) is 0 Å². The molecule has 0 aliphatic carbocycles. The number of hydrogen-bond donors (Lipinski definition) is 2. The molecule has 2 rings (SSSR count). The van der Waals surface area contributed by atoms with Gasteiger partial charge in [-0.15, -0.1) is 0 Å². The minimum atomic E-state index is -1.26. The molecule has 5 heteroatoms. The number of nitrogens with zero attached hydrogens (tertiary/aromatic N) is 1. The van der Waals surface area contributed by atoms with Gasteiger partial charge in [0.15, 0.2) is 0 Å². The minimum Gasteiger partial charge on any atom is -0.325 e. The highest BCUT2D eigenvalue weighted by atomic mass is 16.2. The van der Waals surface area contributed by atoms with Crippen molar-refractivity contribution in [1.82, 2.24) is 0 Å². The molecule has 2 aromatic rings. The Balaban J connectivity index is 2.11. The predicted molar refractivity (Wildman–Crippen MR) is 98.0 cm³/mol. The van der Waals surface area contributed by atoms with Gasteiger partial charge in [-0.05, 0) is 56.2 Å². The van der Waals surface area contributed by atoms with Gasteiger partial charge in [-0.3, -0.25) is 9.59 Å². The highest BCUT2D eigenvalue weighted by Gasteiger charge is 2.36. The van der Waals surface area contributed by atoms with E-state index in [0.29, 0.717) is 16.9 Å². The molecule has 0 bridgehead atoms. The van der Waals surface area contributed by atoms with Crippen molar-refractivity contribution in [1.29, 1.82) is 5.26 Å². The summed E-state index contributed by atoms with van der Waals surface area (Å²) >= 11 is 0. The van der Waals surface area contributed by atoms with Crippen LogP contribution >= 0.6 is 0 Å². The fraction of sp³-hybridized carbons (Fsp3) is 0.250. The van der Waals surface area contributed by atoms with Gasteiger partial charge in [0.25, 0.3) is 0 Å².